The highest BCUT2D eigenvalue weighted by Crippen LogP contribution is 2.03. The molecule has 0 fully saturated rings. The van der Waals surface area contributed by atoms with E-state index in [4.69, 9.17) is 12.2 Å². The van der Waals surface area contributed by atoms with Crippen molar-refractivity contribution in [1.29, 1.82) is 0 Å². The van der Waals surface area contributed by atoms with E-state index in [9.17, 15) is 9.18 Å². The van der Waals surface area contributed by atoms with Gasteiger partial charge in [-0.15, -0.1) is 0 Å². The van der Waals surface area contributed by atoms with E-state index in [2.05, 4.69) is 10.6 Å². The molecule has 0 aliphatic carbocycles. The van der Waals surface area contributed by atoms with Gasteiger partial charge < -0.3 is 10.6 Å². The van der Waals surface area contributed by atoms with E-state index in [-0.39, 0.29) is 23.3 Å². The van der Waals surface area contributed by atoms with Gasteiger partial charge in [0.25, 0.3) is 0 Å². The molecule has 0 unspecified atom stereocenters. The Bertz CT molecular complexity index is 367. The summed E-state index contributed by atoms with van der Waals surface area (Å²) in [6.07, 6.45) is 0.183. The molecule has 0 heterocycles. The van der Waals surface area contributed by atoms with Gasteiger partial charge in [0.2, 0.25) is 5.91 Å². The molecule has 3 nitrogen and oxygen atoms in total. The molecule has 0 atom stereocenters. The molecular weight excluding hydrogens is 287 g/mol. The Morgan fingerprint density at radius 3 is 1.86 bits per heavy atom. The van der Waals surface area contributed by atoms with Crippen LogP contribution in [0.1, 0.15) is 47.1 Å². The Morgan fingerprint density at radius 1 is 1.05 bits per heavy atom. The Labute approximate surface area is 134 Å². The summed E-state index contributed by atoms with van der Waals surface area (Å²) < 4.78 is 12.6. The third kappa shape index (κ3) is 14.7. The fraction of sp³-hybridized carbons (Fsp3) is 0.500. The minimum absolute atomic E-state index is 0.183. The minimum Gasteiger partial charge on any atom is -0.365 e. The number of rotatable bonds is 2. The van der Waals surface area contributed by atoms with Gasteiger partial charge in [-0.05, 0) is 29.9 Å². The van der Waals surface area contributed by atoms with Crippen molar-refractivity contribution in [2.75, 3.05) is 7.05 Å². The van der Waals surface area contributed by atoms with Crippen LogP contribution in [0.25, 0.3) is 0 Å². The van der Waals surface area contributed by atoms with E-state index >= 15 is 0 Å². The number of carbonyl (C=O) groups is 1. The number of hydrogen-bond acceptors (Lipinski definition) is 2. The SMILES string of the molecule is CC.CC.CC.CNC(=S)NC(=O)Cc1ccc(F)cc1. The molecule has 122 valence electrons. The van der Waals surface area contributed by atoms with Crippen LogP contribution in [0.5, 0.6) is 0 Å². The zero-order chi connectivity index (χ0) is 17.3. The average molecular weight is 316 g/mol. The van der Waals surface area contributed by atoms with E-state index in [0.717, 1.165) is 5.56 Å². The number of carbonyl (C=O) groups excluding carboxylic acids is 1. The van der Waals surface area contributed by atoms with Gasteiger partial charge in [0.1, 0.15) is 5.82 Å². The Morgan fingerprint density at radius 2 is 1.48 bits per heavy atom. The van der Waals surface area contributed by atoms with Crippen LogP contribution in [-0.2, 0) is 11.2 Å². The lowest BCUT2D eigenvalue weighted by Crippen LogP contribution is -2.37. The molecule has 1 rings (SSSR count). The zero-order valence-electron chi connectivity index (χ0n) is 14.2. The molecular formula is C16H29FN2OS. The van der Waals surface area contributed by atoms with E-state index in [1.54, 1.807) is 19.2 Å². The first-order valence-corrected chi connectivity index (χ1v) is 7.78. The van der Waals surface area contributed by atoms with Crippen molar-refractivity contribution < 1.29 is 9.18 Å². The van der Waals surface area contributed by atoms with Crippen molar-refractivity contribution in [2.45, 2.75) is 48.0 Å². The van der Waals surface area contributed by atoms with E-state index < -0.39 is 0 Å². The van der Waals surface area contributed by atoms with Gasteiger partial charge in [-0.2, -0.15) is 0 Å². The molecule has 2 N–H and O–H groups in total. The first kappa shape index (κ1) is 24.5. The highest BCUT2D eigenvalue weighted by Gasteiger charge is 2.04. The van der Waals surface area contributed by atoms with Crippen LogP contribution >= 0.6 is 12.2 Å². The quantitative estimate of drug-likeness (QED) is 0.808. The monoisotopic (exact) mass is 316 g/mol. The highest BCUT2D eigenvalue weighted by molar-refractivity contribution is 7.80. The summed E-state index contributed by atoms with van der Waals surface area (Å²) in [4.78, 5) is 11.3. The highest BCUT2D eigenvalue weighted by atomic mass is 32.1. The number of halogens is 1. The molecule has 21 heavy (non-hydrogen) atoms. The van der Waals surface area contributed by atoms with E-state index in [1.807, 2.05) is 41.5 Å². The molecule has 0 aliphatic heterocycles. The summed E-state index contributed by atoms with van der Waals surface area (Å²) in [5.41, 5.74) is 0.743. The third-order valence-corrected chi connectivity index (χ3v) is 2.06. The van der Waals surface area contributed by atoms with Gasteiger partial charge in [-0.3, -0.25) is 4.79 Å². The first-order chi connectivity index (χ1) is 10.1. The minimum atomic E-state index is -0.315. The predicted molar refractivity (Wildman–Crippen MR) is 93.9 cm³/mol. The molecule has 0 bridgehead atoms. The second-order valence-electron chi connectivity index (χ2n) is 2.93. The second kappa shape index (κ2) is 18.5. The maximum Gasteiger partial charge on any atom is 0.230 e. The average Bonchev–Trinajstić information content (AvgIpc) is 2.55. The summed E-state index contributed by atoms with van der Waals surface area (Å²) in [7, 11) is 1.63. The number of hydrogen-bond donors (Lipinski definition) is 2. The summed E-state index contributed by atoms with van der Waals surface area (Å²) in [5.74, 6) is -0.536. The van der Waals surface area contributed by atoms with E-state index in [1.165, 1.54) is 12.1 Å². The summed E-state index contributed by atoms with van der Waals surface area (Å²) in [6, 6.07) is 5.77. The molecule has 0 saturated heterocycles. The van der Waals surface area contributed by atoms with Crippen molar-refractivity contribution in [3.05, 3.63) is 35.6 Å². The molecule has 0 aromatic heterocycles. The molecule has 0 spiro atoms. The fourth-order valence-electron chi connectivity index (χ4n) is 1.02. The van der Waals surface area contributed by atoms with Gasteiger partial charge in [-0.1, -0.05) is 53.7 Å². The normalized spacial score (nSPS) is 7.62. The van der Waals surface area contributed by atoms with Crippen molar-refractivity contribution in [3.8, 4) is 0 Å². The summed E-state index contributed by atoms with van der Waals surface area (Å²) in [6.45, 7) is 12.0. The molecule has 5 heteroatoms. The van der Waals surface area contributed by atoms with Crippen LogP contribution in [0.2, 0.25) is 0 Å². The van der Waals surface area contributed by atoms with Crippen molar-refractivity contribution in [3.63, 3.8) is 0 Å². The van der Waals surface area contributed by atoms with Gasteiger partial charge in [-0.25, -0.2) is 4.39 Å². The molecule has 0 saturated carbocycles. The van der Waals surface area contributed by atoms with Crippen LogP contribution < -0.4 is 10.6 Å². The number of benzene rings is 1. The molecule has 1 aromatic carbocycles. The lowest BCUT2D eigenvalue weighted by molar-refractivity contribution is -0.119. The predicted octanol–water partition coefficient (Wildman–Crippen LogP) is 4.07. The molecule has 0 aliphatic rings. The van der Waals surface area contributed by atoms with Crippen LogP contribution in [0.15, 0.2) is 24.3 Å². The number of amides is 1. The van der Waals surface area contributed by atoms with Crippen LogP contribution in [0, 0.1) is 5.82 Å². The Hall–Kier alpha value is -1.49. The van der Waals surface area contributed by atoms with Crippen molar-refractivity contribution in [1.82, 2.24) is 10.6 Å². The molecule has 1 aromatic rings. The second-order valence-corrected chi connectivity index (χ2v) is 3.34. The zero-order valence-corrected chi connectivity index (χ0v) is 15.0. The van der Waals surface area contributed by atoms with Gasteiger partial charge >= 0.3 is 0 Å². The molecule has 0 radical (unpaired) electrons. The maximum atomic E-state index is 12.6. The van der Waals surface area contributed by atoms with E-state index in [0.29, 0.717) is 0 Å². The van der Waals surface area contributed by atoms with Gasteiger partial charge in [0.15, 0.2) is 5.11 Å². The topological polar surface area (TPSA) is 41.1 Å². The largest absolute Gasteiger partial charge is 0.365 e. The van der Waals surface area contributed by atoms with Crippen molar-refractivity contribution in [2.24, 2.45) is 0 Å². The lowest BCUT2D eigenvalue weighted by Gasteiger charge is -2.05. The third-order valence-electron chi connectivity index (χ3n) is 1.76. The van der Waals surface area contributed by atoms with Crippen LogP contribution in [0.4, 0.5) is 4.39 Å². The van der Waals surface area contributed by atoms with Crippen LogP contribution in [0.3, 0.4) is 0 Å². The Kier molecular flexibility index (Phi) is 21.6. The smallest absolute Gasteiger partial charge is 0.230 e. The standard InChI is InChI=1S/C10H11FN2OS.3C2H6/c1-12-10(15)13-9(14)6-7-2-4-8(11)5-3-7;3*1-2/h2-5H,6H2,1H3,(H2,12,13,14,15);3*1-2H3. The summed E-state index contributed by atoms with van der Waals surface area (Å²) >= 11 is 4.77. The fourth-order valence-corrected chi connectivity index (χ4v) is 1.13. The molecule has 1 amide bonds. The maximum absolute atomic E-state index is 12.6. The lowest BCUT2D eigenvalue weighted by atomic mass is 10.1. The Balaban J connectivity index is -0.000000478. The van der Waals surface area contributed by atoms with Gasteiger partial charge in [0.05, 0.1) is 6.42 Å². The number of thiocarbonyl (C=S) groups is 1. The van der Waals surface area contributed by atoms with Crippen LogP contribution in [-0.4, -0.2) is 18.1 Å². The van der Waals surface area contributed by atoms with Gasteiger partial charge in [0, 0.05) is 7.05 Å². The summed E-state index contributed by atoms with van der Waals surface area (Å²) in [5, 5.41) is 5.39. The number of nitrogens with one attached hydrogen (secondary N) is 2. The van der Waals surface area contributed by atoms with Crippen molar-refractivity contribution >= 4 is 23.2 Å². The first-order valence-electron chi connectivity index (χ1n) is 7.38.